The second-order valence-electron chi connectivity index (χ2n) is 7.31. The molecule has 0 saturated carbocycles. The van der Waals surface area contributed by atoms with Crippen LogP contribution in [-0.2, 0) is 16.1 Å². The number of benzene rings is 1. The topological polar surface area (TPSA) is 99.2 Å². The molecule has 1 aliphatic rings. The van der Waals surface area contributed by atoms with E-state index in [4.69, 9.17) is 0 Å². The van der Waals surface area contributed by atoms with Crippen molar-refractivity contribution in [1.82, 2.24) is 19.9 Å². The second kappa shape index (κ2) is 7.53. The molecule has 1 fully saturated rings. The van der Waals surface area contributed by atoms with Crippen LogP contribution in [0.5, 0.6) is 0 Å². The SMILES string of the molecule is O=C1C(=O)N(Cc2ccncc2)C(c2c[nH]c3ccccc23)/C1=C(\O)c1ccncc1. The Labute approximate surface area is 177 Å². The summed E-state index contributed by atoms with van der Waals surface area (Å²) in [5.74, 6) is -1.57. The van der Waals surface area contributed by atoms with Crippen LogP contribution in [0.3, 0.4) is 0 Å². The number of aliphatic hydroxyl groups excluding tert-OH is 1. The lowest BCUT2D eigenvalue weighted by Gasteiger charge is -2.25. The van der Waals surface area contributed by atoms with E-state index in [0.717, 1.165) is 22.0 Å². The number of aliphatic hydroxyl groups is 1. The van der Waals surface area contributed by atoms with E-state index in [1.807, 2.05) is 24.3 Å². The first-order valence-corrected chi connectivity index (χ1v) is 9.79. The summed E-state index contributed by atoms with van der Waals surface area (Å²) in [6.07, 6.45) is 8.14. The van der Waals surface area contributed by atoms with Crippen LogP contribution in [0.2, 0.25) is 0 Å². The molecule has 0 aliphatic carbocycles. The second-order valence-corrected chi connectivity index (χ2v) is 7.31. The van der Waals surface area contributed by atoms with E-state index < -0.39 is 17.7 Å². The van der Waals surface area contributed by atoms with E-state index >= 15 is 0 Å². The number of carbonyl (C=O) groups is 2. The number of ketones is 1. The van der Waals surface area contributed by atoms with E-state index in [2.05, 4.69) is 15.0 Å². The summed E-state index contributed by atoms with van der Waals surface area (Å²) in [4.78, 5) is 38.9. The molecule has 1 saturated heterocycles. The number of fused-ring (bicyclic) bond motifs is 1. The van der Waals surface area contributed by atoms with E-state index in [9.17, 15) is 14.7 Å². The highest BCUT2D eigenvalue weighted by Gasteiger charge is 2.46. The lowest BCUT2D eigenvalue weighted by molar-refractivity contribution is -0.140. The molecular formula is C24H18N4O3. The van der Waals surface area contributed by atoms with Crippen molar-refractivity contribution in [3.8, 4) is 0 Å². The predicted octanol–water partition coefficient (Wildman–Crippen LogP) is 3.58. The molecular weight excluding hydrogens is 392 g/mol. The lowest BCUT2D eigenvalue weighted by Crippen LogP contribution is -2.29. The van der Waals surface area contributed by atoms with Gasteiger partial charge >= 0.3 is 0 Å². The van der Waals surface area contributed by atoms with Gasteiger partial charge in [-0.3, -0.25) is 19.6 Å². The van der Waals surface area contributed by atoms with Gasteiger partial charge in [-0.2, -0.15) is 0 Å². The van der Waals surface area contributed by atoms with Crippen LogP contribution in [0.1, 0.15) is 22.7 Å². The van der Waals surface area contributed by atoms with Gasteiger partial charge in [-0.1, -0.05) is 18.2 Å². The fraction of sp³-hybridized carbons (Fsp3) is 0.0833. The predicted molar refractivity (Wildman–Crippen MR) is 115 cm³/mol. The third-order valence-corrected chi connectivity index (χ3v) is 5.51. The molecule has 2 N–H and O–H groups in total. The van der Waals surface area contributed by atoms with Gasteiger partial charge in [0.2, 0.25) is 0 Å². The summed E-state index contributed by atoms with van der Waals surface area (Å²) in [6, 6.07) is 13.7. The van der Waals surface area contributed by atoms with Crippen LogP contribution < -0.4 is 0 Å². The molecule has 7 nitrogen and oxygen atoms in total. The van der Waals surface area contributed by atoms with Crippen molar-refractivity contribution < 1.29 is 14.7 Å². The zero-order valence-electron chi connectivity index (χ0n) is 16.4. The summed E-state index contributed by atoms with van der Waals surface area (Å²) in [5, 5.41) is 11.9. The minimum absolute atomic E-state index is 0.0648. The molecule has 3 aromatic heterocycles. The molecule has 0 bridgehead atoms. The number of amides is 1. The van der Waals surface area contributed by atoms with E-state index in [1.54, 1.807) is 42.9 Å². The van der Waals surface area contributed by atoms with Crippen molar-refractivity contribution in [2.75, 3.05) is 0 Å². The Balaban J connectivity index is 1.71. The number of rotatable bonds is 4. The number of hydrogen-bond acceptors (Lipinski definition) is 5. The van der Waals surface area contributed by atoms with Crippen LogP contribution in [0.15, 0.2) is 85.1 Å². The molecule has 4 heterocycles. The average molecular weight is 410 g/mol. The van der Waals surface area contributed by atoms with Gasteiger partial charge in [-0.15, -0.1) is 0 Å². The molecule has 0 radical (unpaired) electrons. The standard InChI is InChI=1S/C24H18N4O3/c29-22(16-7-11-26-12-8-16)20-21(18-13-27-19-4-2-1-3-17(18)19)28(24(31)23(20)30)14-15-5-9-25-10-6-15/h1-13,21,27,29H,14H2/b22-20+. The molecule has 4 aromatic rings. The maximum Gasteiger partial charge on any atom is 0.295 e. The van der Waals surface area contributed by atoms with Crippen molar-refractivity contribution in [2.24, 2.45) is 0 Å². The minimum atomic E-state index is -0.738. The number of pyridine rings is 2. The highest BCUT2D eigenvalue weighted by Crippen LogP contribution is 2.42. The maximum atomic E-state index is 13.1. The van der Waals surface area contributed by atoms with E-state index in [-0.39, 0.29) is 17.9 Å². The third-order valence-electron chi connectivity index (χ3n) is 5.51. The number of H-pyrrole nitrogens is 1. The third kappa shape index (κ3) is 3.16. The minimum Gasteiger partial charge on any atom is -0.507 e. The molecule has 1 atom stereocenters. The number of likely N-dealkylation sites (tertiary alicyclic amines) is 1. The highest BCUT2D eigenvalue weighted by atomic mass is 16.3. The Morgan fingerprint density at radius 1 is 0.968 bits per heavy atom. The van der Waals surface area contributed by atoms with Crippen molar-refractivity contribution >= 4 is 28.4 Å². The number of nitrogens with one attached hydrogen (secondary N) is 1. The Bertz CT molecular complexity index is 1310. The Kier molecular flexibility index (Phi) is 4.55. The number of aromatic amines is 1. The number of carbonyl (C=O) groups excluding carboxylic acids is 2. The molecule has 1 unspecified atom stereocenters. The first kappa shape index (κ1) is 18.7. The molecule has 31 heavy (non-hydrogen) atoms. The summed E-state index contributed by atoms with van der Waals surface area (Å²) < 4.78 is 0. The zero-order valence-corrected chi connectivity index (χ0v) is 16.4. The fourth-order valence-electron chi connectivity index (χ4n) is 4.04. The van der Waals surface area contributed by atoms with Crippen LogP contribution in [-0.4, -0.2) is 36.6 Å². The number of para-hydroxylation sites is 1. The van der Waals surface area contributed by atoms with Crippen LogP contribution >= 0.6 is 0 Å². The number of nitrogens with zero attached hydrogens (tertiary/aromatic N) is 3. The van der Waals surface area contributed by atoms with Crippen molar-refractivity contribution in [3.63, 3.8) is 0 Å². The maximum absolute atomic E-state index is 13.1. The van der Waals surface area contributed by atoms with Crippen molar-refractivity contribution in [3.05, 3.63) is 102 Å². The molecule has 1 aromatic carbocycles. The smallest absolute Gasteiger partial charge is 0.295 e. The molecule has 152 valence electrons. The number of hydrogen-bond donors (Lipinski definition) is 2. The summed E-state index contributed by atoms with van der Waals surface area (Å²) in [7, 11) is 0. The Hall–Kier alpha value is -4.26. The van der Waals surface area contributed by atoms with Gasteiger partial charge in [0.25, 0.3) is 11.7 Å². The Morgan fingerprint density at radius 3 is 2.39 bits per heavy atom. The summed E-state index contributed by atoms with van der Waals surface area (Å²) in [6.45, 7) is 0.213. The molecule has 0 spiro atoms. The van der Waals surface area contributed by atoms with E-state index in [1.165, 1.54) is 17.3 Å². The molecule has 1 aliphatic heterocycles. The van der Waals surface area contributed by atoms with Gasteiger partial charge in [0.1, 0.15) is 5.76 Å². The first-order chi connectivity index (χ1) is 15.1. The lowest BCUT2D eigenvalue weighted by atomic mass is 9.95. The zero-order chi connectivity index (χ0) is 21.4. The van der Waals surface area contributed by atoms with Gasteiger partial charge in [0.05, 0.1) is 11.6 Å². The highest BCUT2D eigenvalue weighted by molar-refractivity contribution is 6.46. The van der Waals surface area contributed by atoms with Crippen molar-refractivity contribution in [2.45, 2.75) is 12.6 Å². The largest absolute Gasteiger partial charge is 0.507 e. The summed E-state index contributed by atoms with van der Waals surface area (Å²) in [5.41, 5.74) is 2.97. The molecule has 7 heteroatoms. The summed E-state index contributed by atoms with van der Waals surface area (Å²) >= 11 is 0. The van der Waals surface area contributed by atoms with Gasteiger partial charge in [-0.05, 0) is 35.9 Å². The van der Waals surface area contributed by atoms with Gasteiger partial charge in [0.15, 0.2) is 0 Å². The Morgan fingerprint density at radius 2 is 1.65 bits per heavy atom. The monoisotopic (exact) mass is 410 g/mol. The van der Waals surface area contributed by atoms with Crippen LogP contribution in [0.25, 0.3) is 16.7 Å². The van der Waals surface area contributed by atoms with Crippen molar-refractivity contribution in [1.29, 1.82) is 0 Å². The van der Waals surface area contributed by atoms with Crippen LogP contribution in [0, 0.1) is 0 Å². The van der Waals surface area contributed by atoms with E-state index in [0.29, 0.717) is 5.56 Å². The van der Waals surface area contributed by atoms with Gasteiger partial charge < -0.3 is 15.0 Å². The van der Waals surface area contributed by atoms with Gasteiger partial charge in [0, 0.05) is 59.6 Å². The normalized spacial score (nSPS) is 18.1. The number of Topliss-reactive ketones (excluding diaryl/α,β-unsaturated/α-hetero) is 1. The average Bonchev–Trinajstić information content (AvgIpc) is 3.34. The van der Waals surface area contributed by atoms with Crippen LogP contribution in [0.4, 0.5) is 0 Å². The quantitative estimate of drug-likeness (QED) is 0.304. The molecule has 1 amide bonds. The number of aromatic nitrogens is 3. The first-order valence-electron chi connectivity index (χ1n) is 9.79. The fourth-order valence-corrected chi connectivity index (χ4v) is 4.04. The molecule has 5 rings (SSSR count). The van der Waals surface area contributed by atoms with Gasteiger partial charge in [-0.25, -0.2) is 0 Å².